The fourth-order valence-corrected chi connectivity index (χ4v) is 6.38. The average molecular weight is 383 g/mol. The zero-order valence-corrected chi connectivity index (χ0v) is 16.5. The Morgan fingerprint density at radius 2 is 1.79 bits per heavy atom. The van der Waals surface area contributed by atoms with E-state index in [1.807, 2.05) is 6.07 Å². The van der Waals surface area contributed by atoms with Gasteiger partial charge in [0, 0.05) is 44.0 Å². The summed E-state index contributed by atoms with van der Waals surface area (Å²) in [5.41, 5.74) is 2.45. The normalized spacial score (nSPS) is 28.9. The predicted molar refractivity (Wildman–Crippen MR) is 106 cm³/mol. The number of phenolic OH excluding ortho intramolecular Hbond substituents is 1. The molecule has 0 bridgehead atoms. The summed E-state index contributed by atoms with van der Waals surface area (Å²) in [5.74, 6) is 1.56. The molecule has 3 fully saturated rings. The van der Waals surface area contributed by atoms with E-state index in [-0.39, 0.29) is 17.2 Å². The number of hydrogen-bond donors (Lipinski definition) is 1. The number of carbonyl (C=O) groups excluding carboxylic acids is 2. The highest BCUT2D eigenvalue weighted by molar-refractivity contribution is 5.98. The number of likely N-dealkylation sites (tertiary alicyclic amines) is 2. The maximum atomic E-state index is 12.6. The minimum Gasteiger partial charge on any atom is -0.508 e. The van der Waals surface area contributed by atoms with Crippen LogP contribution in [0.5, 0.6) is 5.75 Å². The third-order valence-electron chi connectivity index (χ3n) is 7.72. The highest BCUT2D eigenvalue weighted by atomic mass is 16.3. The van der Waals surface area contributed by atoms with Crippen LogP contribution in [0, 0.1) is 11.3 Å². The molecule has 1 aromatic carbocycles. The first kappa shape index (κ1) is 18.2. The van der Waals surface area contributed by atoms with Crippen LogP contribution in [-0.2, 0) is 16.0 Å². The number of nitrogens with zero attached hydrogens (tertiary/aromatic N) is 2. The van der Waals surface area contributed by atoms with Crippen molar-refractivity contribution in [1.82, 2.24) is 9.80 Å². The SMILES string of the molecule is O=C1CC2(CCCC2)CC(=O)N1CCCN1CC2Cc3cccc(O)c3C2C1. The molecule has 0 aromatic heterocycles. The maximum absolute atomic E-state index is 12.6. The zero-order chi connectivity index (χ0) is 19.3. The Labute approximate surface area is 166 Å². The molecule has 2 unspecified atom stereocenters. The van der Waals surface area contributed by atoms with Crippen LogP contribution in [-0.4, -0.2) is 52.9 Å². The van der Waals surface area contributed by atoms with Crippen molar-refractivity contribution in [3.05, 3.63) is 29.3 Å². The molecular weight excluding hydrogens is 352 g/mol. The molecule has 2 aliphatic heterocycles. The predicted octanol–water partition coefficient (Wildman–Crippen LogP) is 3.06. The van der Waals surface area contributed by atoms with E-state index in [2.05, 4.69) is 11.0 Å². The molecule has 1 spiro atoms. The van der Waals surface area contributed by atoms with Crippen LogP contribution in [0.15, 0.2) is 18.2 Å². The van der Waals surface area contributed by atoms with Crippen LogP contribution in [0.4, 0.5) is 0 Å². The van der Waals surface area contributed by atoms with Crippen LogP contribution < -0.4 is 0 Å². The molecule has 0 radical (unpaired) electrons. The van der Waals surface area contributed by atoms with E-state index in [9.17, 15) is 14.7 Å². The van der Waals surface area contributed by atoms with Crippen LogP contribution in [0.25, 0.3) is 0 Å². The molecule has 28 heavy (non-hydrogen) atoms. The molecule has 5 nitrogen and oxygen atoms in total. The molecule has 2 heterocycles. The third kappa shape index (κ3) is 3.04. The Kier molecular flexibility index (Phi) is 4.46. The van der Waals surface area contributed by atoms with E-state index < -0.39 is 0 Å². The van der Waals surface area contributed by atoms with Gasteiger partial charge >= 0.3 is 0 Å². The minimum atomic E-state index is -0.00748. The highest BCUT2D eigenvalue weighted by Gasteiger charge is 2.45. The lowest BCUT2D eigenvalue weighted by molar-refractivity contribution is -0.153. The largest absolute Gasteiger partial charge is 0.508 e. The van der Waals surface area contributed by atoms with Gasteiger partial charge in [0.25, 0.3) is 0 Å². The number of fused-ring (bicyclic) bond motifs is 3. The lowest BCUT2D eigenvalue weighted by atomic mass is 9.76. The summed E-state index contributed by atoms with van der Waals surface area (Å²) in [4.78, 5) is 29.2. The Morgan fingerprint density at radius 1 is 1.04 bits per heavy atom. The summed E-state index contributed by atoms with van der Waals surface area (Å²) in [7, 11) is 0. The van der Waals surface area contributed by atoms with E-state index in [1.165, 1.54) is 10.5 Å². The maximum Gasteiger partial charge on any atom is 0.229 e. The Balaban J connectivity index is 1.14. The van der Waals surface area contributed by atoms with E-state index in [4.69, 9.17) is 0 Å². The van der Waals surface area contributed by atoms with Crippen LogP contribution in [0.1, 0.15) is 62.0 Å². The summed E-state index contributed by atoms with van der Waals surface area (Å²) < 4.78 is 0. The molecule has 2 atom stereocenters. The number of aromatic hydroxyl groups is 1. The van der Waals surface area contributed by atoms with Gasteiger partial charge in [-0.1, -0.05) is 25.0 Å². The lowest BCUT2D eigenvalue weighted by Crippen LogP contribution is -2.47. The minimum absolute atomic E-state index is 0.00748. The fraction of sp³-hybridized carbons (Fsp3) is 0.652. The molecule has 2 aliphatic carbocycles. The van der Waals surface area contributed by atoms with Crippen molar-refractivity contribution < 1.29 is 14.7 Å². The van der Waals surface area contributed by atoms with Gasteiger partial charge < -0.3 is 10.0 Å². The van der Waals surface area contributed by atoms with Gasteiger partial charge in [0.1, 0.15) is 5.75 Å². The monoisotopic (exact) mass is 382 g/mol. The Bertz CT molecular complexity index is 779. The van der Waals surface area contributed by atoms with Gasteiger partial charge in [-0.15, -0.1) is 0 Å². The quantitative estimate of drug-likeness (QED) is 0.813. The average Bonchev–Trinajstić information content (AvgIpc) is 3.32. The van der Waals surface area contributed by atoms with Gasteiger partial charge in [0.2, 0.25) is 11.8 Å². The molecule has 2 saturated heterocycles. The molecule has 2 amide bonds. The number of carbonyl (C=O) groups is 2. The van der Waals surface area contributed by atoms with Crippen molar-refractivity contribution in [3.8, 4) is 5.75 Å². The number of phenols is 1. The van der Waals surface area contributed by atoms with Crippen molar-refractivity contribution in [2.24, 2.45) is 11.3 Å². The molecule has 1 saturated carbocycles. The number of imide groups is 1. The standard InChI is InChI=1S/C23H30N2O3/c26-19-6-3-5-16-11-17-14-24(15-18(17)22(16)19)9-4-10-25-20(27)12-23(13-21(25)28)7-1-2-8-23/h3,5-6,17-18,26H,1-2,4,7-15H2. The van der Waals surface area contributed by atoms with Gasteiger partial charge in [-0.05, 0) is 55.2 Å². The number of benzene rings is 1. The molecule has 4 aliphatic rings. The van der Waals surface area contributed by atoms with Gasteiger partial charge in [0.15, 0.2) is 0 Å². The summed E-state index contributed by atoms with van der Waals surface area (Å²) in [6.07, 6.45) is 7.46. The van der Waals surface area contributed by atoms with Crippen LogP contribution >= 0.6 is 0 Å². The van der Waals surface area contributed by atoms with E-state index in [0.717, 1.165) is 63.7 Å². The van der Waals surface area contributed by atoms with Gasteiger partial charge in [-0.25, -0.2) is 0 Å². The Morgan fingerprint density at radius 3 is 2.54 bits per heavy atom. The summed E-state index contributed by atoms with van der Waals surface area (Å²) in [6.45, 7) is 3.49. The highest BCUT2D eigenvalue weighted by Crippen LogP contribution is 2.48. The van der Waals surface area contributed by atoms with Gasteiger partial charge in [-0.2, -0.15) is 0 Å². The first-order valence-corrected chi connectivity index (χ1v) is 10.9. The van der Waals surface area contributed by atoms with Gasteiger partial charge in [0.05, 0.1) is 0 Å². The summed E-state index contributed by atoms with van der Waals surface area (Å²) in [6, 6.07) is 5.88. The third-order valence-corrected chi connectivity index (χ3v) is 7.72. The van der Waals surface area contributed by atoms with Crippen molar-refractivity contribution in [2.75, 3.05) is 26.2 Å². The van der Waals surface area contributed by atoms with Crippen molar-refractivity contribution in [2.45, 2.75) is 57.3 Å². The van der Waals surface area contributed by atoms with Crippen molar-refractivity contribution in [1.29, 1.82) is 0 Å². The number of rotatable bonds is 4. The van der Waals surface area contributed by atoms with Crippen LogP contribution in [0.2, 0.25) is 0 Å². The van der Waals surface area contributed by atoms with E-state index in [0.29, 0.717) is 37.0 Å². The first-order chi connectivity index (χ1) is 13.5. The molecular formula is C23H30N2O3. The molecule has 5 heteroatoms. The van der Waals surface area contributed by atoms with Crippen molar-refractivity contribution >= 4 is 11.8 Å². The van der Waals surface area contributed by atoms with E-state index in [1.54, 1.807) is 6.07 Å². The fourth-order valence-electron chi connectivity index (χ4n) is 6.38. The lowest BCUT2D eigenvalue weighted by Gasteiger charge is -2.37. The van der Waals surface area contributed by atoms with Crippen LogP contribution in [0.3, 0.4) is 0 Å². The van der Waals surface area contributed by atoms with Crippen molar-refractivity contribution in [3.63, 3.8) is 0 Å². The molecule has 1 N–H and O–H groups in total. The smallest absolute Gasteiger partial charge is 0.229 e. The molecule has 5 rings (SSSR count). The molecule has 1 aromatic rings. The molecule has 150 valence electrons. The summed E-state index contributed by atoms with van der Waals surface area (Å²) in [5, 5.41) is 10.3. The number of amides is 2. The zero-order valence-electron chi connectivity index (χ0n) is 16.5. The summed E-state index contributed by atoms with van der Waals surface area (Å²) >= 11 is 0. The first-order valence-electron chi connectivity index (χ1n) is 10.9. The second-order valence-electron chi connectivity index (χ2n) is 9.53. The number of hydrogen-bond acceptors (Lipinski definition) is 4. The topological polar surface area (TPSA) is 60.9 Å². The van der Waals surface area contributed by atoms with E-state index >= 15 is 0 Å². The number of piperidine rings is 1. The van der Waals surface area contributed by atoms with Gasteiger partial charge in [-0.3, -0.25) is 14.5 Å². The second-order valence-corrected chi connectivity index (χ2v) is 9.53. The second kappa shape index (κ2) is 6.87. The Hall–Kier alpha value is -1.88.